The van der Waals surface area contributed by atoms with Crippen molar-refractivity contribution < 1.29 is 18.0 Å². The van der Waals surface area contributed by atoms with Crippen molar-refractivity contribution in [1.82, 2.24) is 15.0 Å². The van der Waals surface area contributed by atoms with Gasteiger partial charge in [0.2, 0.25) is 0 Å². The van der Waals surface area contributed by atoms with Gasteiger partial charge in [0.1, 0.15) is 0 Å². The lowest BCUT2D eigenvalue weighted by Gasteiger charge is -2.09. The summed E-state index contributed by atoms with van der Waals surface area (Å²) in [5, 5.41) is 6.59. The van der Waals surface area contributed by atoms with Crippen LogP contribution in [0.3, 0.4) is 0 Å². The number of nitrogens with zero attached hydrogens (tertiary/aromatic N) is 3. The minimum absolute atomic E-state index is 0.0817. The molecule has 0 radical (unpaired) electrons. The molecule has 4 nitrogen and oxygen atoms in total. The highest BCUT2D eigenvalue weighted by molar-refractivity contribution is 5.73. The van der Waals surface area contributed by atoms with Crippen molar-refractivity contribution in [2.24, 2.45) is 0 Å². The van der Waals surface area contributed by atoms with Crippen molar-refractivity contribution in [3.8, 4) is 0 Å². The zero-order valence-corrected chi connectivity index (χ0v) is 9.50. The largest absolute Gasteiger partial charge is 0.435 e. The number of hydrogen-bond acceptors (Lipinski definition) is 3. The maximum absolute atomic E-state index is 12.6. The molecule has 0 fully saturated rings. The number of halogens is 3. The van der Waals surface area contributed by atoms with Crippen molar-refractivity contribution in [3.05, 3.63) is 11.4 Å². The normalized spacial score (nSPS) is 11.8. The third kappa shape index (κ3) is 3.54. The standard InChI is InChI=1S/C10H14F3N3O/c1-2-3-4-5-6-16-9(10(11,12)13)8(7-17)14-15-16/h7H,2-6H2,1H3. The average Bonchev–Trinajstić information content (AvgIpc) is 2.67. The van der Waals surface area contributed by atoms with Crippen LogP contribution in [-0.2, 0) is 12.7 Å². The van der Waals surface area contributed by atoms with Gasteiger partial charge >= 0.3 is 6.18 Å². The molecule has 0 aliphatic rings. The summed E-state index contributed by atoms with van der Waals surface area (Å²) in [6.07, 6.45) is -1.11. The Hall–Kier alpha value is -1.40. The summed E-state index contributed by atoms with van der Waals surface area (Å²) in [6.45, 7) is 2.15. The Labute approximate surface area is 96.8 Å². The Kier molecular flexibility index (Phi) is 4.65. The van der Waals surface area contributed by atoms with Crippen molar-refractivity contribution in [3.63, 3.8) is 0 Å². The van der Waals surface area contributed by atoms with Crippen LogP contribution in [0.15, 0.2) is 0 Å². The maximum Gasteiger partial charge on any atom is 0.435 e. The second kappa shape index (κ2) is 5.79. The first-order chi connectivity index (χ1) is 8.00. The molecule has 1 aromatic heterocycles. The van der Waals surface area contributed by atoms with Crippen LogP contribution in [0.2, 0.25) is 0 Å². The van der Waals surface area contributed by atoms with Gasteiger partial charge in [-0.1, -0.05) is 31.4 Å². The van der Waals surface area contributed by atoms with Crippen molar-refractivity contribution in [1.29, 1.82) is 0 Å². The van der Waals surface area contributed by atoms with Crippen molar-refractivity contribution >= 4 is 6.29 Å². The van der Waals surface area contributed by atoms with Crippen LogP contribution in [0.5, 0.6) is 0 Å². The molecule has 0 aliphatic carbocycles. The number of carbonyl (C=O) groups excluding carboxylic acids is 1. The van der Waals surface area contributed by atoms with Gasteiger partial charge in [-0.15, -0.1) is 5.10 Å². The van der Waals surface area contributed by atoms with Crippen LogP contribution in [0, 0.1) is 0 Å². The maximum atomic E-state index is 12.6. The van der Waals surface area contributed by atoms with Crippen molar-refractivity contribution in [2.45, 2.75) is 45.3 Å². The lowest BCUT2D eigenvalue weighted by atomic mass is 10.2. The Morgan fingerprint density at radius 2 is 2.00 bits per heavy atom. The summed E-state index contributed by atoms with van der Waals surface area (Å²) in [5.74, 6) is 0. The molecule has 0 N–H and O–H groups in total. The fourth-order valence-corrected chi connectivity index (χ4v) is 1.54. The Balaban J connectivity index is 2.78. The van der Waals surface area contributed by atoms with E-state index in [0.717, 1.165) is 23.9 Å². The minimum atomic E-state index is -4.59. The third-order valence-electron chi connectivity index (χ3n) is 2.36. The predicted molar refractivity (Wildman–Crippen MR) is 54.6 cm³/mol. The molecular weight excluding hydrogens is 235 g/mol. The van der Waals surface area contributed by atoms with Gasteiger partial charge < -0.3 is 0 Å². The molecular formula is C10H14F3N3O. The SMILES string of the molecule is CCCCCCn1nnc(C=O)c1C(F)(F)F. The number of aryl methyl sites for hydroxylation is 1. The number of alkyl halides is 3. The van der Waals surface area contributed by atoms with E-state index < -0.39 is 17.6 Å². The fourth-order valence-electron chi connectivity index (χ4n) is 1.54. The number of carbonyl (C=O) groups is 1. The van der Waals surface area contributed by atoms with Gasteiger partial charge in [0.05, 0.1) is 0 Å². The predicted octanol–water partition coefficient (Wildman–Crippen LogP) is 2.69. The fraction of sp³-hybridized carbons (Fsp3) is 0.700. The van der Waals surface area contributed by atoms with Gasteiger partial charge in [-0.2, -0.15) is 13.2 Å². The van der Waals surface area contributed by atoms with E-state index in [1.165, 1.54) is 0 Å². The first kappa shape index (κ1) is 13.7. The van der Waals surface area contributed by atoms with Crippen LogP contribution in [0.25, 0.3) is 0 Å². The van der Waals surface area contributed by atoms with Crippen LogP contribution < -0.4 is 0 Å². The van der Waals surface area contributed by atoms with Gasteiger partial charge in [-0.3, -0.25) is 4.79 Å². The van der Waals surface area contributed by atoms with Crippen LogP contribution in [0.1, 0.15) is 48.8 Å². The number of hydrogen-bond donors (Lipinski definition) is 0. The summed E-state index contributed by atoms with van der Waals surface area (Å²) in [7, 11) is 0. The van der Waals surface area contributed by atoms with Crippen LogP contribution >= 0.6 is 0 Å². The van der Waals surface area contributed by atoms with Gasteiger partial charge in [0, 0.05) is 6.54 Å². The van der Waals surface area contributed by atoms with E-state index in [0.29, 0.717) is 6.42 Å². The Morgan fingerprint density at radius 1 is 1.29 bits per heavy atom. The number of aromatic nitrogens is 3. The third-order valence-corrected chi connectivity index (χ3v) is 2.36. The zero-order chi connectivity index (χ0) is 12.9. The van der Waals surface area contributed by atoms with E-state index in [1.54, 1.807) is 0 Å². The lowest BCUT2D eigenvalue weighted by Crippen LogP contribution is -2.16. The highest BCUT2D eigenvalue weighted by Crippen LogP contribution is 2.30. The van der Waals surface area contributed by atoms with Crippen LogP contribution in [0.4, 0.5) is 13.2 Å². The van der Waals surface area contributed by atoms with E-state index in [9.17, 15) is 18.0 Å². The van der Waals surface area contributed by atoms with Crippen molar-refractivity contribution in [2.75, 3.05) is 0 Å². The van der Waals surface area contributed by atoms with E-state index in [4.69, 9.17) is 0 Å². The van der Waals surface area contributed by atoms with Gasteiger partial charge in [-0.25, -0.2) is 4.68 Å². The molecule has 0 saturated heterocycles. The molecule has 1 rings (SSSR count). The highest BCUT2D eigenvalue weighted by atomic mass is 19.4. The van der Waals surface area contributed by atoms with E-state index in [-0.39, 0.29) is 12.8 Å². The summed E-state index contributed by atoms with van der Waals surface area (Å²) in [5.41, 5.74) is -1.70. The minimum Gasteiger partial charge on any atom is -0.296 e. The molecule has 96 valence electrons. The summed E-state index contributed by atoms with van der Waals surface area (Å²) >= 11 is 0. The number of rotatable bonds is 6. The molecule has 0 saturated carbocycles. The first-order valence-corrected chi connectivity index (χ1v) is 5.46. The van der Waals surface area contributed by atoms with Gasteiger partial charge in [0.15, 0.2) is 17.7 Å². The molecule has 17 heavy (non-hydrogen) atoms. The zero-order valence-electron chi connectivity index (χ0n) is 9.50. The van der Waals surface area contributed by atoms with Gasteiger partial charge in [0.25, 0.3) is 0 Å². The molecule has 0 aromatic carbocycles. The summed E-state index contributed by atoms with van der Waals surface area (Å²) in [6, 6.07) is 0. The summed E-state index contributed by atoms with van der Waals surface area (Å²) in [4.78, 5) is 10.4. The molecule has 0 bridgehead atoms. The second-order valence-electron chi connectivity index (χ2n) is 3.72. The molecule has 0 unspecified atom stereocenters. The second-order valence-corrected chi connectivity index (χ2v) is 3.72. The van der Waals surface area contributed by atoms with Crippen LogP contribution in [-0.4, -0.2) is 21.3 Å². The summed E-state index contributed by atoms with van der Waals surface area (Å²) < 4.78 is 38.7. The molecule has 1 heterocycles. The number of unbranched alkanes of at least 4 members (excludes halogenated alkanes) is 3. The number of aldehydes is 1. The molecule has 0 aliphatic heterocycles. The molecule has 0 amide bonds. The van der Waals surface area contributed by atoms with E-state index in [2.05, 4.69) is 10.3 Å². The smallest absolute Gasteiger partial charge is 0.296 e. The average molecular weight is 249 g/mol. The lowest BCUT2D eigenvalue weighted by molar-refractivity contribution is -0.144. The van der Waals surface area contributed by atoms with E-state index in [1.807, 2.05) is 6.92 Å². The molecule has 1 aromatic rings. The molecule has 7 heteroatoms. The van der Waals surface area contributed by atoms with E-state index >= 15 is 0 Å². The topological polar surface area (TPSA) is 47.8 Å². The molecule has 0 atom stereocenters. The quantitative estimate of drug-likeness (QED) is 0.575. The Morgan fingerprint density at radius 3 is 2.53 bits per heavy atom. The highest BCUT2D eigenvalue weighted by Gasteiger charge is 2.39. The monoisotopic (exact) mass is 249 g/mol. The van der Waals surface area contributed by atoms with Gasteiger partial charge in [-0.05, 0) is 6.42 Å². The Bertz CT molecular complexity index is 373. The molecule has 0 spiro atoms. The first-order valence-electron chi connectivity index (χ1n) is 5.46.